The molecule has 0 N–H and O–H groups in total. The highest BCUT2D eigenvalue weighted by molar-refractivity contribution is 14.1. The Balaban J connectivity index is 3.88. The van der Waals surface area contributed by atoms with Crippen LogP contribution in [-0.4, -0.2) is 39.8 Å². The minimum absolute atomic E-state index is 0.423. The molecule has 92 valence electrons. The van der Waals surface area contributed by atoms with E-state index >= 15 is 0 Å². The first-order valence-corrected chi connectivity index (χ1v) is 9.01. The van der Waals surface area contributed by atoms with Gasteiger partial charge in [0, 0.05) is 32.6 Å². The Hall–Kier alpha value is 1.18. The van der Waals surface area contributed by atoms with E-state index in [9.17, 15) is 0 Å². The van der Waals surface area contributed by atoms with E-state index in [2.05, 4.69) is 35.2 Å². The van der Waals surface area contributed by atoms with Gasteiger partial charge < -0.3 is 13.3 Å². The van der Waals surface area contributed by atoms with Crippen LogP contribution in [0.5, 0.6) is 0 Å². The number of hydrogen-bond donors (Lipinski definition) is 1. The van der Waals surface area contributed by atoms with E-state index < -0.39 is 8.80 Å². The summed E-state index contributed by atoms with van der Waals surface area (Å²) >= 11 is 6.93. The Labute approximate surface area is 113 Å². The lowest BCUT2D eigenvalue weighted by atomic mass is 10.2. The summed E-state index contributed by atoms with van der Waals surface area (Å²) in [4.78, 5) is 0. The lowest BCUT2D eigenvalue weighted by molar-refractivity contribution is 0.123. The van der Waals surface area contributed by atoms with Crippen molar-refractivity contribution in [3.63, 3.8) is 0 Å². The molecule has 3 nitrogen and oxygen atoms in total. The molecule has 0 saturated heterocycles. The fourth-order valence-electron chi connectivity index (χ4n) is 1.36. The third kappa shape index (κ3) is 6.47. The topological polar surface area (TPSA) is 27.7 Å². The minimum Gasteiger partial charge on any atom is -0.377 e. The summed E-state index contributed by atoms with van der Waals surface area (Å²) in [6.07, 6.45) is 3.35. The van der Waals surface area contributed by atoms with E-state index in [0.29, 0.717) is 5.25 Å². The summed E-state index contributed by atoms with van der Waals surface area (Å²) in [5.41, 5.74) is 0. The molecule has 0 fully saturated rings. The Morgan fingerprint density at radius 3 is 2.07 bits per heavy atom. The maximum Gasteiger partial charge on any atom is 0.500 e. The average molecular weight is 364 g/mol. The van der Waals surface area contributed by atoms with E-state index in [-0.39, 0.29) is 0 Å². The van der Waals surface area contributed by atoms with Crippen LogP contribution < -0.4 is 0 Å². The lowest BCUT2D eigenvalue weighted by Gasteiger charge is -2.25. The van der Waals surface area contributed by atoms with Crippen molar-refractivity contribution in [1.82, 2.24) is 0 Å². The van der Waals surface area contributed by atoms with E-state index in [1.807, 2.05) is 0 Å². The first-order chi connectivity index (χ1) is 7.14. The molecule has 0 aliphatic heterocycles. The van der Waals surface area contributed by atoms with Gasteiger partial charge in [-0.1, -0.05) is 22.6 Å². The smallest absolute Gasteiger partial charge is 0.377 e. The van der Waals surface area contributed by atoms with Crippen molar-refractivity contribution < 1.29 is 13.3 Å². The van der Waals surface area contributed by atoms with Gasteiger partial charge in [-0.15, -0.1) is 0 Å². The van der Waals surface area contributed by atoms with Gasteiger partial charge in [-0.3, -0.25) is 0 Å². The summed E-state index contributed by atoms with van der Waals surface area (Å²) in [5, 5.41) is 0.423. The zero-order chi connectivity index (χ0) is 11.7. The van der Waals surface area contributed by atoms with Crippen LogP contribution in [0.4, 0.5) is 0 Å². The van der Waals surface area contributed by atoms with Crippen molar-refractivity contribution in [3.05, 3.63) is 0 Å². The summed E-state index contributed by atoms with van der Waals surface area (Å²) in [7, 11) is 2.58. The molecule has 0 aromatic rings. The number of rotatable bonds is 9. The normalized spacial score (nSPS) is 14.2. The van der Waals surface area contributed by atoms with E-state index in [1.54, 1.807) is 21.3 Å². The van der Waals surface area contributed by atoms with Crippen molar-refractivity contribution in [1.29, 1.82) is 0 Å². The second-order valence-electron chi connectivity index (χ2n) is 3.32. The van der Waals surface area contributed by atoms with Crippen LogP contribution in [0.2, 0.25) is 6.04 Å². The van der Waals surface area contributed by atoms with Gasteiger partial charge in [0.1, 0.15) is 0 Å². The Morgan fingerprint density at radius 2 is 1.67 bits per heavy atom. The van der Waals surface area contributed by atoms with Crippen LogP contribution >= 0.6 is 35.2 Å². The average Bonchev–Trinajstić information content (AvgIpc) is 2.29. The molecule has 0 spiro atoms. The minimum atomic E-state index is -2.37. The second kappa shape index (κ2) is 9.23. The Bertz CT molecular complexity index is 150. The molecule has 0 amide bonds. The van der Waals surface area contributed by atoms with Crippen molar-refractivity contribution in [2.45, 2.75) is 30.6 Å². The third-order valence-electron chi connectivity index (χ3n) is 2.39. The SMILES string of the molecule is CO[Si](CCC(S)CCCI)(OC)OC. The molecule has 1 atom stereocenters. The van der Waals surface area contributed by atoms with E-state index in [4.69, 9.17) is 13.3 Å². The highest BCUT2D eigenvalue weighted by Crippen LogP contribution is 2.21. The second-order valence-corrected chi connectivity index (χ2v) is 8.22. The molecular formula is C9H21IO3SSi. The van der Waals surface area contributed by atoms with Crippen LogP contribution in [0.1, 0.15) is 19.3 Å². The van der Waals surface area contributed by atoms with E-state index in [0.717, 1.165) is 18.9 Å². The predicted molar refractivity (Wildman–Crippen MR) is 77.1 cm³/mol. The molecule has 0 bridgehead atoms. The van der Waals surface area contributed by atoms with Gasteiger partial charge in [0.15, 0.2) is 0 Å². The molecule has 0 aromatic carbocycles. The van der Waals surface area contributed by atoms with Gasteiger partial charge in [-0.05, 0) is 23.7 Å². The van der Waals surface area contributed by atoms with Gasteiger partial charge >= 0.3 is 8.80 Å². The predicted octanol–water partition coefficient (Wildman–Crippen LogP) is 2.77. The van der Waals surface area contributed by atoms with Gasteiger partial charge in [0.2, 0.25) is 0 Å². The van der Waals surface area contributed by atoms with Crippen LogP contribution in [0, 0.1) is 0 Å². The number of alkyl halides is 1. The highest BCUT2D eigenvalue weighted by Gasteiger charge is 2.37. The summed E-state index contributed by atoms with van der Waals surface area (Å²) in [6, 6.07) is 0.839. The van der Waals surface area contributed by atoms with Crippen LogP contribution in [0.25, 0.3) is 0 Å². The lowest BCUT2D eigenvalue weighted by Crippen LogP contribution is -2.43. The number of halogens is 1. The van der Waals surface area contributed by atoms with Crippen molar-refractivity contribution >= 4 is 44.0 Å². The third-order valence-corrected chi connectivity index (χ3v) is 6.43. The van der Waals surface area contributed by atoms with Crippen LogP contribution in [-0.2, 0) is 13.3 Å². The molecule has 0 aromatic heterocycles. The summed E-state index contributed by atoms with van der Waals surface area (Å²) in [5.74, 6) is 0. The van der Waals surface area contributed by atoms with Gasteiger partial charge in [-0.25, -0.2) is 0 Å². The maximum absolute atomic E-state index is 5.35. The molecule has 0 rings (SSSR count). The standard InChI is InChI=1S/C9H21IO3SSi/c1-11-15(12-2,13-3)8-6-9(14)5-4-7-10/h9,14H,4-8H2,1-3H3. The summed E-state index contributed by atoms with van der Waals surface area (Å²) < 4.78 is 17.2. The van der Waals surface area contributed by atoms with Crippen LogP contribution in [0.15, 0.2) is 0 Å². The zero-order valence-corrected chi connectivity index (χ0v) is 13.7. The molecule has 1 unspecified atom stereocenters. The van der Waals surface area contributed by atoms with E-state index in [1.165, 1.54) is 10.8 Å². The molecule has 15 heavy (non-hydrogen) atoms. The molecule has 0 aliphatic rings. The monoisotopic (exact) mass is 364 g/mol. The molecule has 0 radical (unpaired) electrons. The van der Waals surface area contributed by atoms with Crippen LogP contribution in [0.3, 0.4) is 0 Å². The summed E-state index contributed by atoms with van der Waals surface area (Å²) in [6.45, 7) is 0. The molecular weight excluding hydrogens is 343 g/mol. The number of thiol groups is 1. The van der Waals surface area contributed by atoms with Crippen molar-refractivity contribution in [2.75, 3.05) is 25.8 Å². The van der Waals surface area contributed by atoms with Crippen molar-refractivity contribution in [2.24, 2.45) is 0 Å². The van der Waals surface area contributed by atoms with Gasteiger partial charge in [0.05, 0.1) is 0 Å². The molecule has 6 heteroatoms. The molecule has 0 aliphatic carbocycles. The zero-order valence-electron chi connectivity index (χ0n) is 9.66. The Morgan fingerprint density at radius 1 is 1.13 bits per heavy atom. The first-order valence-electron chi connectivity index (χ1n) is 5.03. The quantitative estimate of drug-likeness (QED) is 0.295. The molecule has 0 heterocycles. The van der Waals surface area contributed by atoms with Gasteiger partial charge in [0.25, 0.3) is 0 Å². The molecule has 0 saturated carbocycles. The largest absolute Gasteiger partial charge is 0.500 e. The van der Waals surface area contributed by atoms with Crippen molar-refractivity contribution in [3.8, 4) is 0 Å². The fourth-order valence-corrected chi connectivity index (χ4v) is 4.17. The van der Waals surface area contributed by atoms with Gasteiger partial charge in [-0.2, -0.15) is 12.6 Å². The first kappa shape index (κ1) is 16.2. The maximum atomic E-state index is 5.35. The Kier molecular flexibility index (Phi) is 9.96. The number of hydrogen-bond acceptors (Lipinski definition) is 4. The fraction of sp³-hybridized carbons (Fsp3) is 1.00. The highest BCUT2D eigenvalue weighted by atomic mass is 127.